The molecule has 0 amide bonds. The van der Waals surface area contributed by atoms with Gasteiger partial charge in [0.25, 0.3) is 5.56 Å². The van der Waals surface area contributed by atoms with E-state index in [-0.39, 0.29) is 17.9 Å². The van der Waals surface area contributed by atoms with Gasteiger partial charge in [0.05, 0.1) is 28.5 Å². The molecule has 32 heavy (non-hydrogen) atoms. The van der Waals surface area contributed by atoms with Gasteiger partial charge in [0.2, 0.25) is 0 Å². The van der Waals surface area contributed by atoms with Crippen LogP contribution in [0.4, 0.5) is 0 Å². The average Bonchev–Trinajstić information content (AvgIpc) is 3.09. The lowest BCUT2D eigenvalue weighted by molar-refractivity contribution is -0.139. The molecule has 4 rings (SSSR count). The van der Waals surface area contributed by atoms with Gasteiger partial charge in [-0.15, -0.1) is 11.8 Å². The molecule has 0 aliphatic carbocycles. The summed E-state index contributed by atoms with van der Waals surface area (Å²) in [5, 5.41) is 10.1. The summed E-state index contributed by atoms with van der Waals surface area (Å²) in [4.78, 5) is 32.5. The van der Waals surface area contributed by atoms with E-state index in [4.69, 9.17) is 4.74 Å². The molecule has 2 heterocycles. The van der Waals surface area contributed by atoms with Gasteiger partial charge in [-0.25, -0.2) is 9.79 Å². The first-order chi connectivity index (χ1) is 15.4. The van der Waals surface area contributed by atoms with Crippen molar-refractivity contribution in [2.75, 3.05) is 12.9 Å². The molecule has 6 nitrogen and oxygen atoms in total. The number of phenols is 1. The Balaban J connectivity index is 1.96. The first kappa shape index (κ1) is 22.1. The zero-order valence-electron chi connectivity index (χ0n) is 17.9. The summed E-state index contributed by atoms with van der Waals surface area (Å²) in [6, 6.07) is 14.0. The van der Waals surface area contributed by atoms with Crippen LogP contribution in [0.5, 0.6) is 5.75 Å². The zero-order chi connectivity index (χ0) is 22.8. The molecule has 0 fully saturated rings. The van der Waals surface area contributed by atoms with Crippen LogP contribution in [-0.4, -0.2) is 28.5 Å². The summed E-state index contributed by atoms with van der Waals surface area (Å²) in [6.45, 7) is 3.73. The molecule has 164 valence electrons. The van der Waals surface area contributed by atoms with E-state index in [1.807, 2.05) is 30.5 Å². The van der Waals surface area contributed by atoms with E-state index < -0.39 is 12.0 Å². The Morgan fingerprint density at radius 3 is 2.62 bits per heavy atom. The molecule has 0 saturated carbocycles. The third-order valence-corrected chi connectivity index (χ3v) is 6.90. The number of para-hydroxylation sites is 1. The quantitative estimate of drug-likeness (QED) is 0.461. The monoisotopic (exact) mass is 466 g/mol. The number of aromatic nitrogens is 1. The molecule has 3 aromatic rings. The number of thioether (sulfide) groups is 1. The van der Waals surface area contributed by atoms with Crippen molar-refractivity contribution >= 4 is 35.1 Å². The van der Waals surface area contributed by atoms with Gasteiger partial charge in [-0.05, 0) is 49.9 Å². The average molecular weight is 467 g/mol. The van der Waals surface area contributed by atoms with Crippen molar-refractivity contribution < 1.29 is 14.6 Å². The number of aromatic hydroxyl groups is 1. The second kappa shape index (κ2) is 9.18. The van der Waals surface area contributed by atoms with Crippen LogP contribution < -0.4 is 14.9 Å². The molecule has 0 spiro atoms. The van der Waals surface area contributed by atoms with Crippen molar-refractivity contribution in [3.05, 3.63) is 90.6 Å². The van der Waals surface area contributed by atoms with E-state index in [9.17, 15) is 14.7 Å². The highest BCUT2D eigenvalue weighted by Crippen LogP contribution is 2.31. The maximum absolute atomic E-state index is 13.5. The van der Waals surface area contributed by atoms with E-state index in [0.29, 0.717) is 26.2 Å². The van der Waals surface area contributed by atoms with Crippen molar-refractivity contribution in [3.63, 3.8) is 0 Å². The van der Waals surface area contributed by atoms with E-state index in [2.05, 4.69) is 4.99 Å². The van der Waals surface area contributed by atoms with Crippen LogP contribution >= 0.6 is 23.1 Å². The standard InChI is InChI=1S/C24H22N2O4S2/c1-4-30-23(29)20-14(2)25-24-26(21(20)15-9-11-17(31-3)12-10-15)22(28)19(32-24)13-16-7-5-6-8-18(16)27/h5-13,21,27H,4H2,1-3H3/b19-13+/t21-/m0/s1. The topological polar surface area (TPSA) is 80.9 Å². The number of thiazole rings is 1. The lowest BCUT2D eigenvalue weighted by Crippen LogP contribution is -2.39. The van der Waals surface area contributed by atoms with E-state index in [0.717, 1.165) is 10.5 Å². The summed E-state index contributed by atoms with van der Waals surface area (Å²) in [5.74, 6) is -0.395. The predicted molar refractivity (Wildman–Crippen MR) is 127 cm³/mol. The first-order valence-corrected chi connectivity index (χ1v) is 12.1. The molecule has 1 N–H and O–H groups in total. The smallest absolute Gasteiger partial charge is 0.338 e. The molecule has 0 unspecified atom stereocenters. The number of fused-ring (bicyclic) bond motifs is 1. The summed E-state index contributed by atoms with van der Waals surface area (Å²) < 4.78 is 7.28. The van der Waals surface area contributed by atoms with Crippen LogP contribution in [0, 0.1) is 0 Å². The highest BCUT2D eigenvalue weighted by molar-refractivity contribution is 7.98. The molecule has 1 aliphatic rings. The number of carbonyl (C=O) groups is 1. The summed E-state index contributed by atoms with van der Waals surface area (Å²) in [6.07, 6.45) is 3.64. The second-order valence-electron chi connectivity index (χ2n) is 7.13. The van der Waals surface area contributed by atoms with E-state index in [1.54, 1.807) is 60.5 Å². The van der Waals surface area contributed by atoms with Crippen molar-refractivity contribution in [1.29, 1.82) is 0 Å². The Labute approximate surface area is 193 Å². The number of hydrogen-bond donors (Lipinski definition) is 1. The van der Waals surface area contributed by atoms with Gasteiger partial charge in [-0.2, -0.15) is 0 Å². The number of ether oxygens (including phenoxy) is 1. The van der Waals surface area contributed by atoms with Crippen LogP contribution in [-0.2, 0) is 9.53 Å². The first-order valence-electron chi connectivity index (χ1n) is 10.1. The third-order valence-electron chi connectivity index (χ3n) is 5.17. The predicted octanol–water partition coefficient (Wildman–Crippen LogP) is 3.23. The molecule has 0 radical (unpaired) electrons. The lowest BCUT2D eigenvalue weighted by atomic mass is 9.96. The SMILES string of the molecule is CCOC(=O)C1=C(C)N=c2s/c(=C/c3ccccc3O)c(=O)n2[C@H]1c1ccc(SC)cc1. The van der Waals surface area contributed by atoms with Crippen molar-refractivity contribution in [3.8, 4) is 5.75 Å². The Hall–Kier alpha value is -3.10. The lowest BCUT2D eigenvalue weighted by Gasteiger charge is -2.24. The molecular weight excluding hydrogens is 444 g/mol. The molecule has 8 heteroatoms. The molecule has 0 saturated heterocycles. The Morgan fingerprint density at radius 2 is 1.97 bits per heavy atom. The van der Waals surface area contributed by atoms with Gasteiger partial charge in [0.1, 0.15) is 5.75 Å². The fourth-order valence-electron chi connectivity index (χ4n) is 3.64. The Bertz CT molecular complexity index is 1380. The van der Waals surface area contributed by atoms with Crippen molar-refractivity contribution in [1.82, 2.24) is 4.57 Å². The number of allylic oxidation sites excluding steroid dienone is 1. The highest BCUT2D eigenvalue weighted by Gasteiger charge is 2.33. The minimum absolute atomic E-state index is 0.0888. The fourth-order valence-corrected chi connectivity index (χ4v) is 5.09. The van der Waals surface area contributed by atoms with Gasteiger partial charge in [-0.1, -0.05) is 41.7 Å². The van der Waals surface area contributed by atoms with Crippen LogP contribution in [0.25, 0.3) is 6.08 Å². The minimum Gasteiger partial charge on any atom is -0.507 e. The number of carbonyl (C=O) groups excluding carboxylic acids is 1. The number of rotatable bonds is 5. The Morgan fingerprint density at radius 1 is 1.25 bits per heavy atom. The largest absolute Gasteiger partial charge is 0.507 e. The zero-order valence-corrected chi connectivity index (χ0v) is 19.5. The van der Waals surface area contributed by atoms with Crippen LogP contribution in [0.15, 0.2) is 74.5 Å². The van der Waals surface area contributed by atoms with Gasteiger partial charge in [-0.3, -0.25) is 9.36 Å². The van der Waals surface area contributed by atoms with Gasteiger partial charge >= 0.3 is 5.97 Å². The van der Waals surface area contributed by atoms with E-state index >= 15 is 0 Å². The molecule has 1 aliphatic heterocycles. The normalized spacial score (nSPS) is 16.0. The minimum atomic E-state index is -0.646. The number of phenolic OH excluding ortho intramolecular Hbond substituents is 1. The molecule has 1 atom stereocenters. The maximum Gasteiger partial charge on any atom is 0.338 e. The molecule has 0 bridgehead atoms. The molecule has 1 aromatic heterocycles. The van der Waals surface area contributed by atoms with E-state index in [1.165, 1.54) is 11.3 Å². The number of benzene rings is 2. The summed E-state index contributed by atoms with van der Waals surface area (Å²) in [7, 11) is 0. The Kier molecular flexibility index (Phi) is 6.34. The van der Waals surface area contributed by atoms with Gasteiger partial charge < -0.3 is 9.84 Å². The van der Waals surface area contributed by atoms with Crippen LogP contribution in [0.2, 0.25) is 0 Å². The van der Waals surface area contributed by atoms with Crippen molar-refractivity contribution in [2.45, 2.75) is 24.8 Å². The molecule has 2 aromatic carbocycles. The maximum atomic E-state index is 13.5. The highest BCUT2D eigenvalue weighted by atomic mass is 32.2. The van der Waals surface area contributed by atoms with Gasteiger partial charge in [0, 0.05) is 10.5 Å². The fraction of sp³-hybridized carbons (Fsp3) is 0.208. The molecular formula is C24H22N2O4S2. The van der Waals surface area contributed by atoms with Crippen LogP contribution in [0.1, 0.15) is 31.0 Å². The second-order valence-corrected chi connectivity index (χ2v) is 9.02. The summed E-state index contributed by atoms with van der Waals surface area (Å²) in [5.41, 5.74) is 1.95. The van der Waals surface area contributed by atoms with Gasteiger partial charge in [0.15, 0.2) is 4.80 Å². The summed E-state index contributed by atoms with van der Waals surface area (Å²) >= 11 is 2.85. The third kappa shape index (κ3) is 4.03. The van der Waals surface area contributed by atoms with Crippen molar-refractivity contribution in [2.24, 2.45) is 4.99 Å². The van der Waals surface area contributed by atoms with Crippen LogP contribution in [0.3, 0.4) is 0 Å². The number of esters is 1. The number of nitrogens with zero attached hydrogens (tertiary/aromatic N) is 2. The number of hydrogen-bond acceptors (Lipinski definition) is 7.